The van der Waals surface area contributed by atoms with Gasteiger partial charge in [-0.3, -0.25) is 9.44 Å². The lowest BCUT2D eigenvalue weighted by Crippen LogP contribution is -2.18. The molecular formula is C17H11F4N3O4S2. The molecule has 0 aliphatic heterocycles. The molecule has 0 saturated carbocycles. The maximum Gasteiger partial charge on any atom is 0.266 e. The standard InChI is InChI=1S/C17H11F4N3O4S2/c18-10-4-1-6-12(16(10)20)29(25,26)23-14-8-3-9-15(22-14)24-30(27,28)13-7-2-5-11(19)17(13)21/h1-9H,(H2,22,23,24). The summed E-state index contributed by atoms with van der Waals surface area (Å²) in [7, 11) is -9.21. The second kappa shape index (κ2) is 7.91. The third-order valence-electron chi connectivity index (χ3n) is 3.64. The summed E-state index contributed by atoms with van der Waals surface area (Å²) in [5.74, 6) is -6.88. The second-order valence-electron chi connectivity index (χ2n) is 5.72. The minimum absolute atomic E-state index is 0.446. The van der Waals surface area contributed by atoms with Crippen LogP contribution in [0.2, 0.25) is 0 Å². The van der Waals surface area contributed by atoms with E-state index in [1.165, 1.54) is 6.07 Å². The molecule has 0 fully saturated rings. The van der Waals surface area contributed by atoms with E-state index in [0.717, 1.165) is 48.5 Å². The minimum atomic E-state index is -4.61. The van der Waals surface area contributed by atoms with Crippen molar-refractivity contribution in [2.24, 2.45) is 0 Å². The van der Waals surface area contributed by atoms with Crippen LogP contribution in [-0.2, 0) is 20.0 Å². The van der Waals surface area contributed by atoms with Gasteiger partial charge in [-0.05, 0) is 36.4 Å². The van der Waals surface area contributed by atoms with Gasteiger partial charge in [0.05, 0.1) is 0 Å². The van der Waals surface area contributed by atoms with Gasteiger partial charge in [-0.2, -0.15) is 0 Å². The molecule has 0 radical (unpaired) electrons. The first-order valence-electron chi connectivity index (χ1n) is 7.92. The molecule has 0 atom stereocenters. The molecule has 0 saturated heterocycles. The summed E-state index contributed by atoms with van der Waals surface area (Å²) in [6.45, 7) is 0. The highest BCUT2D eigenvalue weighted by Crippen LogP contribution is 2.23. The van der Waals surface area contributed by atoms with Gasteiger partial charge < -0.3 is 0 Å². The quantitative estimate of drug-likeness (QED) is 0.549. The Morgan fingerprint density at radius 3 is 1.37 bits per heavy atom. The van der Waals surface area contributed by atoms with Crippen molar-refractivity contribution in [1.29, 1.82) is 0 Å². The Morgan fingerprint density at radius 1 is 0.600 bits per heavy atom. The largest absolute Gasteiger partial charge is 0.266 e. The first-order valence-corrected chi connectivity index (χ1v) is 10.9. The van der Waals surface area contributed by atoms with Crippen molar-refractivity contribution < 1.29 is 34.4 Å². The summed E-state index contributed by atoms with van der Waals surface area (Å²) in [6, 6.07) is 8.47. The number of nitrogens with zero attached hydrogens (tertiary/aromatic N) is 1. The van der Waals surface area contributed by atoms with Crippen LogP contribution in [0.1, 0.15) is 0 Å². The average Bonchev–Trinajstić information content (AvgIpc) is 2.65. The zero-order chi connectivity index (χ0) is 22.1. The number of anilines is 2. The number of aromatic nitrogens is 1. The fraction of sp³-hybridized carbons (Fsp3) is 0. The Kier molecular flexibility index (Phi) is 5.67. The molecule has 7 nitrogen and oxygen atoms in total. The molecule has 0 amide bonds. The predicted molar refractivity (Wildman–Crippen MR) is 98.6 cm³/mol. The van der Waals surface area contributed by atoms with E-state index >= 15 is 0 Å². The Morgan fingerprint density at radius 2 is 0.967 bits per heavy atom. The highest BCUT2D eigenvalue weighted by atomic mass is 32.2. The maximum atomic E-state index is 13.8. The smallest absolute Gasteiger partial charge is 0.263 e. The molecule has 0 spiro atoms. The van der Waals surface area contributed by atoms with Crippen molar-refractivity contribution in [1.82, 2.24) is 4.98 Å². The highest BCUT2D eigenvalue weighted by molar-refractivity contribution is 7.93. The summed E-state index contributed by atoms with van der Waals surface area (Å²) < 4.78 is 107. The number of nitrogens with one attached hydrogen (secondary N) is 2. The van der Waals surface area contributed by atoms with E-state index in [-0.39, 0.29) is 0 Å². The Balaban J connectivity index is 1.90. The summed E-state index contributed by atoms with van der Waals surface area (Å²) >= 11 is 0. The van der Waals surface area contributed by atoms with Crippen LogP contribution >= 0.6 is 0 Å². The van der Waals surface area contributed by atoms with Gasteiger partial charge in [-0.15, -0.1) is 0 Å². The van der Waals surface area contributed by atoms with Gasteiger partial charge in [0.25, 0.3) is 20.0 Å². The van der Waals surface area contributed by atoms with E-state index in [4.69, 9.17) is 0 Å². The molecule has 158 valence electrons. The van der Waals surface area contributed by atoms with Crippen molar-refractivity contribution in [3.05, 3.63) is 77.9 Å². The van der Waals surface area contributed by atoms with E-state index in [2.05, 4.69) is 4.98 Å². The van der Waals surface area contributed by atoms with Crippen molar-refractivity contribution in [3.8, 4) is 0 Å². The number of halogens is 4. The fourth-order valence-corrected chi connectivity index (χ4v) is 4.50. The fourth-order valence-electron chi connectivity index (χ4n) is 2.32. The SMILES string of the molecule is O=S(=O)(Nc1cccc(NS(=O)(=O)c2cccc(F)c2F)n1)c1cccc(F)c1F. The Bertz CT molecular complexity index is 1230. The van der Waals surface area contributed by atoms with E-state index in [1.807, 2.05) is 9.44 Å². The van der Waals surface area contributed by atoms with Crippen LogP contribution in [0.5, 0.6) is 0 Å². The topological polar surface area (TPSA) is 105 Å². The molecule has 0 aliphatic carbocycles. The molecule has 0 unspecified atom stereocenters. The van der Waals surface area contributed by atoms with Gasteiger partial charge in [0.15, 0.2) is 23.3 Å². The molecule has 3 aromatic rings. The summed E-state index contributed by atoms with van der Waals surface area (Å²) in [4.78, 5) is 1.71. The predicted octanol–water partition coefficient (Wildman–Crippen LogP) is 3.24. The van der Waals surface area contributed by atoms with Crippen LogP contribution in [0, 0.1) is 23.3 Å². The van der Waals surface area contributed by atoms with Gasteiger partial charge in [0.1, 0.15) is 21.4 Å². The molecule has 2 N–H and O–H groups in total. The first kappa shape index (κ1) is 21.5. The number of rotatable bonds is 6. The number of pyridine rings is 1. The van der Waals surface area contributed by atoms with Crippen molar-refractivity contribution in [3.63, 3.8) is 0 Å². The molecule has 1 aromatic heterocycles. The van der Waals surface area contributed by atoms with Crippen LogP contribution in [0.3, 0.4) is 0 Å². The van der Waals surface area contributed by atoms with E-state index in [9.17, 15) is 34.4 Å². The number of hydrogen-bond acceptors (Lipinski definition) is 5. The van der Waals surface area contributed by atoms with Crippen molar-refractivity contribution in [2.45, 2.75) is 9.79 Å². The van der Waals surface area contributed by atoms with Crippen LogP contribution in [0.4, 0.5) is 29.2 Å². The molecule has 2 aromatic carbocycles. The number of sulfonamides is 2. The third-order valence-corrected chi connectivity index (χ3v) is 6.38. The summed E-state index contributed by atoms with van der Waals surface area (Å²) in [5.41, 5.74) is 0. The van der Waals surface area contributed by atoms with Crippen molar-refractivity contribution in [2.75, 3.05) is 9.44 Å². The van der Waals surface area contributed by atoms with Crippen LogP contribution in [0.15, 0.2) is 64.4 Å². The highest BCUT2D eigenvalue weighted by Gasteiger charge is 2.24. The molecule has 0 aliphatic rings. The molecule has 3 rings (SSSR count). The van der Waals surface area contributed by atoms with Crippen LogP contribution < -0.4 is 9.44 Å². The first-order chi connectivity index (χ1) is 14.0. The second-order valence-corrected chi connectivity index (χ2v) is 9.02. The zero-order valence-electron chi connectivity index (χ0n) is 14.6. The monoisotopic (exact) mass is 461 g/mol. The summed E-state index contributed by atoms with van der Waals surface area (Å²) in [5, 5.41) is 0. The molecule has 0 bridgehead atoms. The Labute approximate surface area is 168 Å². The van der Waals surface area contributed by atoms with E-state index < -0.39 is 64.7 Å². The lowest BCUT2D eigenvalue weighted by molar-refractivity contribution is 0.485. The van der Waals surface area contributed by atoms with Gasteiger partial charge in [0, 0.05) is 0 Å². The van der Waals surface area contributed by atoms with E-state index in [1.54, 1.807) is 0 Å². The molecular weight excluding hydrogens is 450 g/mol. The maximum absolute atomic E-state index is 13.8. The van der Waals surface area contributed by atoms with Gasteiger partial charge >= 0.3 is 0 Å². The van der Waals surface area contributed by atoms with Crippen LogP contribution in [-0.4, -0.2) is 21.8 Å². The normalized spacial score (nSPS) is 11.9. The molecule has 1 heterocycles. The summed E-state index contributed by atoms with van der Waals surface area (Å²) in [6.07, 6.45) is 0. The molecule has 30 heavy (non-hydrogen) atoms. The van der Waals surface area contributed by atoms with E-state index in [0.29, 0.717) is 0 Å². The third kappa shape index (κ3) is 4.36. The average molecular weight is 461 g/mol. The number of hydrogen-bond donors (Lipinski definition) is 2. The Hall–Kier alpha value is -3.19. The lowest BCUT2D eigenvalue weighted by atomic mass is 10.3. The van der Waals surface area contributed by atoms with Gasteiger partial charge in [0.2, 0.25) is 0 Å². The zero-order valence-corrected chi connectivity index (χ0v) is 16.2. The lowest BCUT2D eigenvalue weighted by Gasteiger charge is -2.11. The molecule has 13 heteroatoms. The van der Waals surface area contributed by atoms with Gasteiger partial charge in [-0.25, -0.2) is 39.4 Å². The van der Waals surface area contributed by atoms with Gasteiger partial charge in [-0.1, -0.05) is 18.2 Å². The van der Waals surface area contributed by atoms with Crippen molar-refractivity contribution >= 4 is 31.7 Å². The van der Waals surface area contributed by atoms with Crippen LogP contribution in [0.25, 0.3) is 0 Å². The number of benzene rings is 2. The minimum Gasteiger partial charge on any atom is -0.263 e.